The number of nitrogens with one attached hydrogen (secondary N) is 1. The Morgan fingerprint density at radius 3 is 2.83 bits per heavy atom. The van der Waals surface area contributed by atoms with Gasteiger partial charge in [-0.05, 0) is 13.8 Å². The van der Waals surface area contributed by atoms with E-state index in [2.05, 4.69) is 10.3 Å². The van der Waals surface area contributed by atoms with Gasteiger partial charge in [-0.2, -0.15) is 0 Å². The van der Waals surface area contributed by atoms with Gasteiger partial charge in [0.1, 0.15) is 5.01 Å². The van der Waals surface area contributed by atoms with Crippen molar-refractivity contribution in [3.05, 3.63) is 16.6 Å². The Kier molecular flexibility index (Phi) is 5.57. The van der Waals surface area contributed by atoms with Gasteiger partial charge in [0.05, 0.1) is 12.5 Å². The van der Waals surface area contributed by atoms with E-state index in [9.17, 15) is 9.59 Å². The lowest BCUT2D eigenvalue weighted by atomic mass is 10.3. The molecule has 2 N–H and O–H groups in total. The second-order valence-corrected chi connectivity index (χ2v) is 4.69. The van der Waals surface area contributed by atoms with Crippen LogP contribution in [0.4, 0.5) is 4.79 Å². The molecule has 0 spiro atoms. The number of aliphatic carboxylic acids is 1. The molecule has 0 aromatic carbocycles. The van der Waals surface area contributed by atoms with E-state index < -0.39 is 5.97 Å². The van der Waals surface area contributed by atoms with Gasteiger partial charge in [-0.3, -0.25) is 4.79 Å². The summed E-state index contributed by atoms with van der Waals surface area (Å²) in [5.74, 6) is -0.908. The van der Waals surface area contributed by atoms with Crippen LogP contribution in [-0.4, -0.2) is 40.1 Å². The van der Waals surface area contributed by atoms with E-state index in [0.717, 1.165) is 5.01 Å². The Bertz CT molecular complexity index is 394. The lowest BCUT2D eigenvalue weighted by Crippen LogP contribution is -2.41. The van der Waals surface area contributed by atoms with Gasteiger partial charge in [0.15, 0.2) is 0 Å². The molecule has 6 nitrogen and oxygen atoms in total. The number of carboxylic acids is 1. The average molecular weight is 271 g/mol. The zero-order valence-corrected chi connectivity index (χ0v) is 11.2. The van der Waals surface area contributed by atoms with Gasteiger partial charge >= 0.3 is 12.0 Å². The molecule has 0 saturated carbocycles. The zero-order chi connectivity index (χ0) is 13.5. The number of carboxylic acid groups (broad SMARTS) is 1. The van der Waals surface area contributed by atoms with E-state index in [0.29, 0.717) is 6.54 Å². The van der Waals surface area contributed by atoms with Crippen molar-refractivity contribution in [2.45, 2.75) is 26.3 Å². The van der Waals surface area contributed by atoms with Crippen LogP contribution in [0.5, 0.6) is 0 Å². The third-order valence-corrected chi connectivity index (χ3v) is 3.38. The molecule has 0 aliphatic rings. The van der Waals surface area contributed by atoms with E-state index in [1.165, 1.54) is 16.2 Å². The second-order valence-electron chi connectivity index (χ2n) is 3.76. The first kappa shape index (κ1) is 14.4. The van der Waals surface area contributed by atoms with Crippen molar-refractivity contribution < 1.29 is 14.7 Å². The largest absolute Gasteiger partial charge is 0.481 e. The fraction of sp³-hybridized carbons (Fsp3) is 0.545. The summed E-state index contributed by atoms with van der Waals surface area (Å²) in [5.41, 5.74) is 0. The number of amides is 2. The Morgan fingerprint density at radius 1 is 1.61 bits per heavy atom. The van der Waals surface area contributed by atoms with Crippen LogP contribution in [-0.2, 0) is 4.79 Å². The molecule has 18 heavy (non-hydrogen) atoms. The SMILES string of the molecule is CCN(CCC(=O)O)C(=O)NC(C)c1nccs1. The van der Waals surface area contributed by atoms with Crippen molar-refractivity contribution in [2.75, 3.05) is 13.1 Å². The van der Waals surface area contributed by atoms with Crippen LogP contribution >= 0.6 is 11.3 Å². The maximum atomic E-state index is 11.9. The van der Waals surface area contributed by atoms with E-state index in [1.54, 1.807) is 6.20 Å². The van der Waals surface area contributed by atoms with Crippen molar-refractivity contribution in [3.8, 4) is 0 Å². The lowest BCUT2D eigenvalue weighted by molar-refractivity contribution is -0.137. The highest BCUT2D eigenvalue weighted by Crippen LogP contribution is 2.14. The molecular formula is C11H17N3O3S. The fourth-order valence-corrected chi connectivity index (χ4v) is 2.07. The molecule has 1 atom stereocenters. The molecule has 0 aliphatic heterocycles. The first-order valence-corrected chi connectivity index (χ1v) is 6.59. The Labute approximate surface area is 110 Å². The first-order valence-electron chi connectivity index (χ1n) is 5.71. The van der Waals surface area contributed by atoms with Crippen LogP contribution in [0.2, 0.25) is 0 Å². The molecule has 100 valence electrons. The van der Waals surface area contributed by atoms with Gasteiger partial charge in [-0.1, -0.05) is 0 Å². The molecule has 0 radical (unpaired) electrons. The monoisotopic (exact) mass is 271 g/mol. The minimum absolute atomic E-state index is 0.0487. The molecule has 0 fully saturated rings. The Morgan fingerprint density at radius 2 is 2.33 bits per heavy atom. The number of aromatic nitrogens is 1. The summed E-state index contributed by atoms with van der Waals surface area (Å²) in [6, 6.07) is -0.433. The molecule has 0 aliphatic carbocycles. The minimum Gasteiger partial charge on any atom is -0.481 e. The number of hydrogen-bond donors (Lipinski definition) is 2. The lowest BCUT2D eigenvalue weighted by Gasteiger charge is -2.22. The highest BCUT2D eigenvalue weighted by Gasteiger charge is 2.17. The maximum Gasteiger partial charge on any atom is 0.317 e. The van der Waals surface area contributed by atoms with E-state index in [1.807, 2.05) is 19.2 Å². The van der Waals surface area contributed by atoms with Crippen LogP contribution in [0.25, 0.3) is 0 Å². The summed E-state index contributed by atoms with van der Waals surface area (Å²) in [6.07, 6.45) is 1.64. The molecule has 1 heterocycles. The zero-order valence-electron chi connectivity index (χ0n) is 10.4. The van der Waals surface area contributed by atoms with Gasteiger partial charge in [0, 0.05) is 24.7 Å². The number of thiazole rings is 1. The Balaban J connectivity index is 2.49. The molecule has 1 rings (SSSR count). The smallest absolute Gasteiger partial charge is 0.317 e. The molecule has 0 bridgehead atoms. The number of nitrogens with zero attached hydrogens (tertiary/aromatic N) is 2. The molecule has 1 aromatic rings. The van der Waals surface area contributed by atoms with Crippen LogP contribution in [0, 0.1) is 0 Å². The number of urea groups is 1. The summed E-state index contributed by atoms with van der Waals surface area (Å²) in [5, 5.41) is 14.1. The number of carbonyl (C=O) groups is 2. The summed E-state index contributed by atoms with van der Waals surface area (Å²) in [6.45, 7) is 4.35. The van der Waals surface area contributed by atoms with Crippen molar-refractivity contribution in [1.29, 1.82) is 0 Å². The predicted octanol–water partition coefficient (Wildman–Crippen LogP) is 1.71. The fourth-order valence-electron chi connectivity index (χ4n) is 1.42. The predicted molar refractivity (Wildman–Crippen MR) is 68.6 cm³/mol. The van der Waals surface area contributed by atoms with Gasteiger partial charge in [-0.25, -0.2) is 9.78 Å². The van der Waals surface area contributed by atoms with E-state index >= 15 is 0 Å². The van der Waals surface area contributed by atoms with Crippen molar-refractivity contribution in [2.24, 2.45) is 0 Å². The van der Waals surface area contributed by atoms with E-state index in [-0.39, 0.29) is 25.0 Å². The standard InChI is InChI=1S/C11H17N3O3S/c1-3-14(6-4-9(15)16)11(17)13-8(2)10-12-5-7-18-10/h5,7-8H,3-4,6H2,1-2H3,(H,13,17)(H,15,16). The first-order chi connectivity index (χ1) is 8.54. The minimum atomic E-state index is -0.908. The van der Waals surface area contributed by atoms with Crippen molar-refractivity contribution in [1.82, 2.24) is 15.2 Å². The summed E-state index contributed by atoms with van der Waals surface area (Å²) in [7, 11) is 0. The topological polar surface area (TPSA) is 82.5 Å². The van der Waals surface area contributed by atoms with Crippen molar-refractivity contribution >= 4 is 23.3 Å². The number of hydrogen-bond acceptors (Lipinski definition) is 4. The van der Waals surface area contributed by atoms with Crippen molar-refractivity contribution in [3.63, 3.8) is 0 Å². The summed E-state index contributed by atoms with van der Waals surface area (Å²) >= 11 is 1.47. The number of carbonyl (C=O) groups excluding carboxylic acids is 1. The number of rotatable bonds is 6. The van der Waals surface area contributed by atoms with Gasteiger partial charge in [0.25, 0.3) is 0 Å². The highest BCUT2D eigenvalue weighted by atomic mass is 32.1. The second kappa shape index (κ2) is 6.95. The third kappa shape index (κ3) is 4.33. The van der Waals surface area contributed by atoms with Crippen LogP contribution in [0.1, 0.15) is 31.3 Å². The molecule has 1 unspecified atom stereocenters. The summed E-state index contributed by atoms with van der Waals surface area (Å²) < 4.78 is 0. The average Bonchev–Trinajstić information content (AvgIpc) is 2.82. The van der Waals surface area contributed by atoms with Crippen LogP contribution in [0.3, 0.4) is 0 Å². The van der Waals surface area contributed by atoms with Crippen LogP contribution < -0.4 is 5.32 Å². The summed E-state index contributed by atoms with van der Waals surface area (Å²) in [4.78, 5) is 28.0. The van der Waals surface area contributed by atoms with Gasteiger partial charge in [0.2, 0.25) is 0 Å². The van der Waals surface area contributed by atoms with Gasteiger partial charge < -0.3 is 15.3 Å². The van der Waals surface area contributed by atoms with Crippen LogP contribution in [0.15, 0.2) is 11.6 Å². The normalized spacial score (nSPS) is 11.9. The highest BCUT2D eigenvalue weighted by molar-refractivity contribution is 7.09. The molecule has 1 aromatic heterocycles. The quantitative estimate of drug-likeness (QED) is 0.825. The molecule has 7 heteroatoms. The molecule has 0 saturated heterocycles. The maximum absolute atomic E-state index is 11.9. The molecular weight excluding hydrogens is 254 g/mol. The Hall–Kier alpha value is -1.63. The van der Waals surface area contributed by atoms with Gasteiger partial charge in [-0.15, -0.1) is 11.3 Å². The third-order valence-electron chi connectivity index (χ3n) is 2.43. The molecule has 2 amide bonds. The van der Waals surface area contributed by atoms with E-state index in [4.69, 9.17) is 5.11 Å².